The number of rotatable bonds is 5. The molecule has 0 aliphatic carbocycles. The zero-order chi connectivity index (χ0) is 19.4. The van der Waals surface area contributed by atoms with Gasteiger partial charge in [0, 0.05) is 18.5 Å². The molecule has 3 unspecified atom stereocenters. The van der Waals surface area contributed by atoms with Crippen LogP contribution in [0.1, 0.15) is 35.2 Å². The summed E-state index contributed by atoms with van der Waals surface area (Å²) in [5.41, 5.74) is 0.962. The minimum atomic E-state index is -0.906. The standard InChI is InChI=1S/C19H21F2N3O3/c1-11(23-19(26)13-5-7-27-10-13)18(25)24-17-9-22-6-4-14(17)12-2-3-15(20)16(21)8-12/h2-3,5,7-8,10-11,14,17,22H,4,6,9H2,1H3,(H,23,26)(H,24,25). The highest BCUT2D eigenvalue weighted by Gasteiger charge is 2.30. The largest absolute Gasteiger partial charge is 0.472 e. The predicted octanol–water partition coefficient (Wildman–Crippen LogP) is 1.94. The van der Waals surface area contributed by atoms with Crippen LogP contribution in [0.5, 0.6) is 0 Å². The number of piperidine rings is 1. The second kappa shape index (κ2) is 8.30. The molecule has 2 heterocycles. The lowest BCUT2D eigenvalue weighted by Crippen LogP contribution is -2.54. The molecule has 144 valence electrons. The zero-order valence-electron chi connectivity index (χ0n) is 14.8. The molecule has 2 aromatic rings. The maximum Gasteiger partial charge on any atom is 0.255 e. The van der Waals surface area contributed by atoms with Gasteiger partial charge >= 0.3 is 0 Å². The molecule has 27 heavy (non-hydrogen) atoms. The molecule has 6 nitrogen and oxygen atoms in total. The van der Waals surface area contributed by atoms with Crippen molar-refractivity contribution in [3.05, 3.63) is 59.6 Å². The summed E-state index contributed by atoms with van der Waals surface area (Å²) in [6.07, 6.45) is 3.34. The molecule has 3 rings (SSSR count). The average Bonchev–Trinajstić information content (AvgIpc) is 3.19. The minimum absolute atomic E-state index is 0.151. The lowest BCUT2D eigenvalue weighted by Gasteiger charge is -2.34. The molecule has 2 amide bonds. The van der Waals surface area contributed by atoms with E-state index in [0.29, 0.717) is 30.6 Å². The van der Waals surface area contributed by atoms with Crippen molar-refractivity contribution in [2.24, 2.45) is 0 Å². The molecule has 0 radical (unpaired) electrons. The monoisotopic (exact) mass is 377 g/mol. The van der Waals surface area contributed by atoms with Crippen molar-refractivity contribution in [2.75, 3.05) is 13.1 Å². The van der Waals surface area contributed by atoms with Gasteiger partial charge in [-0.15, -0.1) is 0 Å². The highest BCUT2D eigenvalue weighted by molar-refractivity contribution is 5.97. The van der Waals surface area contributed by atoms with Crippen molar-refractivity contribution in [3.8, 4) is 0 Å². The number of halogens is 2. The van der Waals surface area contributed by atoms with Gasteiger partial charge in [0.15, 0.2) is 11.6 Å². The molecule has 0 bridgehead atoms. The molecule has 1 aliphatic heterocycles. The van der Waals surface area contributed by atoms with Crippen LogP contribution in [0.2, 0.25) is 0 Å². The summed E-state index contributed by atoms with van der Waals surface area (Å²) < 4.78 is 31.7. The van der Waals surface area contributed by atoms with E-state index >= 15 is 0 Å². The van der Waals surface area contributed by atoms with E-state index < -0.39 is 23.6 Å². The third kappa shape index (κ3) is 4.51. The fraction of sp³-hybridized carbons (Fsp3) is 0.368. The molecule has 1 aliphatic rings. The Kier molecular flexibility index (Phi) is 5.85. The van der Waals surface area contributed by atoms with E-state index in [2.05, 4.69) is 16.0 Å². The molecule has 3 N–H and O–H groups in total. The Morgan fingerprint density at radius 2 is 2.07 bits per heavy atom. The van der Waals surface area contributed by atoms with E-state index in [0.717, 1.165) is 6.07 Å². The van der Waals surface area contributed by atoms with Gasteiger partial charge < -0.3 is 20.4 Å². The van der Waals surface area contributed by atoms with Crippen LogP contribution in [0, 0.1) is 11.6 Å². The fourth-order valence-electron chi connectivity index (χ4n) is 3.20. The van der Waals surface area contributed by atoms with Gasteiger partial charge in [-0.2, -0.15) is 0 Å². The van der Waals surface area contributed by atoms with Crippen LogP contribution in [0.15, 0.2) is 41.2 Å². The Hall–Kier alpha value is -2.74. The lowest BCUT2D eigenvalue weighted by atomic mass is 9.86. The molecular formula is C19H21F2N3O3. The molecule has 0 spiro atoms. The summed E-state index contributed by atoms with van der Waals surface area (Å²) >= 11 is 0. The maximum atomic E-state index is 13.6. The van der Waals surface area contributed by atoms with Gasteiger partial charge in [-0.25, -0.2) is 8.78 Å². The van der Waals surface area contributed by atoms with Crippen LogP contribution < -0.4 is 16.0 Å². The lowest BCUT2D eigenvalue weighted by molar-refractivity contribution is -0.123. The van der Waals surface area contributed by atoms with Crippen molar-refractivity contribution in [1.29, 1.82) is 0 Å². The van der Waals surface area contributed by atoms with Crippen LogP contribution in [0.25, 0.3) is 0 Å². The summed E-state index contributed by atoms with van der Waals surface area (Å²) in [6.45, 7) is 2.79. The Labute approximate surface area is 155 Å². The van der Waals surface area contributed by atoms with Gasteiger partial charge in [0.05, 0.1) is 11.8 Å². The van der Waals surface area contributed by atoms with Gasteiger partial charge in [-0.1, -0.05) is 6.07 Å². The quantitative estimate of drug-likeness (QED) is 0.744. The van der Waals surface area contributed by atoms with Gasteiger partial charge in [0.2, 0.25) is 5.91 Å². The van der Waals surface area contributed by atoms with E-state index in [1.54, 1.807) is 6.92 Å². The molecule has 3 atom stereocenters. The normalized spacial score (nSPS) is 20.7. The number of nitrogens with one attached hydrogen (secondary N) is 3. The molecule has 1 fully saturated rings. The number of furan rings is 1. The van der Waals surface area contributed by atoms with E-state index in [9.17, 15) is 18.4 Å². The number of hydrogen-bond donors (Lipinski definition) is 3. The first-order valence-corrected chi connectivity index (χ1v) is 8.75. The van der Waals surface area contributed by atoms with E-state index in [1.165, 1.54) is 30.7 Å². The summed E-state index contributed by atoms with van der Waals surface area (Å²) in [4.78, 5) is 24.5. The smallest absolute Gasteiger partial charge is 0.255 e. The van der Waals surface area contributed by atoms with Crippen molar-refractivity contribution in [2.45, 2.75) is 31.3 Å². The molecule has 1 aromatic carbocycles. The second-order valence-corrected chi connectivity index (χ2v) is 6.60. The van der Waals surface area contributed by atoms with Crippen LogP contribution in [0.3, 0.4) is 0 Å². The number of carbonyl (C=O) groups excluding carboxylic acids is 2. The second-order valence-electron chi connectivity index (χ2n) is 6.60. The Balaban J connectivity index is 1.65. The average molecular weight is 377 g/mol. The summed E-state index contributed by atoms with van der Waals surface area (Å²) in [7, 11) is 0. The third-order valence-electron chi connectivity index (χ3n) is 4.71. The SMILES string of the molecule is CC(NC(=O)c1ccoc1)C(=O)NC1CNCCC1c1ccc(F)c(F)c1. The molecule has 1 saturated heterocycles. The van der Waals surface area contributed by atoms with Crippen LogP contribution >= 0.6 is 0 Å². The highest BCUT2D eigenvalue weighted by atomic mass is 19.2. The topological polar surface area (TPSA) is 83.4 Å². The summed E-state index contributed by atoms with van der Waals surface area (Å²) in [5.74, 6) is -2.72. The van der Waals surface area contributed by atoms with Gasteiger partial charge in [-0.05, 0) is 43.7 Å². The van der Waals surface area contributed by atoms with E-state index in [-0.39, 0.29) is 17.9 Å². The fourth-order valence-corrected chi connectivity index (χ4v) is 3.20. The molecule has 8 heteroatoms. The Bertz CT molecular complexity index is 811. The van der Waals surface area contributed by atoms with Gasteiger partial charge in [0.1, 0.15) is 12.3 Å². The first-order valence-electron chi connectivity index (χ1n) is 8.75. The molecular weight excluding hydrogens is 356 g/mol. The highest BCUT2D eigenvalue weighted by Crippen LogP contribution is 2.27. The van der Waals surface area contributed by atoms with Crippen LogP contribution in [-0.4, -0.2) is 37.0 Å². The number of carbonyl (C=O) groups is 2. The van der Waals surface area contributed by atoms with Gasteiger partial charge in [-0.3, -0.25) is 9.59 Å². The summed E-state index contributed by atoms with van der Waals surface area (Å²) in [5, 5.41) is 8.68. The molecule has 0 saturated carbocycles. The van der Waals surface area contributed by atoms with Crippen molar-refractivity contribution < 1.29 is 22.8 Å². The maximum absolute atomic E-state index is 13.6. The molecule has 1 aromatic heterocycles. The van der Waals surface area contributed by atoms with E-state index in [1.807, 2.05) is 0 Å². The van der Waals surface area contributed by atoms with E-state index in [4.69, 9.17) is 4.42 Å². The van der Waals surface area contributed by atoms with Crippen molar-refractivity contribution >= 4 is 11.8 Å². The predicted molar refractivity (Wildman–Crippen MR) is 94.2 cm³/mol. The number of hydrogen-bond acceptors (Lipinski definition) is 4. The van der Waals surface area contributed by atoms with Crippen LogP contribution in [0.4, 0.5) is 8.78 Å². The third-order valence-corrected chi connectivity index (χ3v) is 4.71. The number of amides is 2. The zero-order valence-corrected chi connectivity index (χ0v) is 14.8. The van der Waals surface area contributed by atoms with Gasteiger partial charge in [0.25, 0.3) is 5.91 Å². The minimum Gasteiger partial charge on any atom is -0.472 e. The number of benzene rings is 1. The first kappa shape index (κ1) is 19.0. The van der Waals surface area contributed by atoms with Crippen LogP contribution in [-0.2, 0) is 4.79 Å². The summed E-state index contributed by atoms with van der Waals surface area (Å²) in [6, 6.07) is 4.25. The van der Waals surface area contributed by atoms with Crippen molar-refractivity contribution in [1.82, 2.24) is 16.0 Å². The Morgan fingerprint density at radius 1 is 1.26 bits per heavy atom. The van der Waals surface area contributed by atoms with Crippen molar-refractivity contribution in [3.63, 3.8) is 0 Å². The Morgan fingerprint density at radius 3 is 2.78 bits per heavy atom. The first-order chi connectivity index (χ1) is 13.0.